The number of aliphatic hydroxyl groups excluding tert-OH is 1. The molecule has 1 fully saturated rings. The van der Waals surface area contributed by atoms with Gasteiger partial charge in [-0.2, -0.15) is 0 Å². The van der Waals surface area contributed by atoms with Gasteiger partial charge in [0.1, 0.15) is 6.61 Å². The Labute approximate surface area is 154 Å². The third-order valence-corrected chi connectivity index (χ3v) is 5.84. The second-order valence-electron chi connectivity index (χ2n) is 7.38. The number of rotatable bonds is 3. The summed E-state index contributed by atoms with van der Waals surface area (Å²) >= 11 is 0. The van der Waals surface area contributed by atoms with Crippen LogP contribution in [0.5, 0.6) is 0 Å². The fraction of sp³-hybridized carbons (Fsp3) is 0.409. The number of amides is 1. The second kappa shape index (κ2) is 7.12. The van der Waals surface area contributed by atoms with Gasteiger partial charge >= 0.3 is 6.09 Å². The number of fused-ring (bicyclic) bond motifs is 3. The Morgan fingerprint density at radius 3 is 2.12 bits per heavy atom. The molecule has 0 bridgehead atoms. The zero-order valence-electron chi connectivity index (χ0n) is 15.1. The molecule has 4 rings (SSSR count). The van der Waals surface area contributed by atoms with E-state index in [9.17, 15) is 9.90 Å². The molecule has 26 heavy (non-hydrogen) atoms. The van der Waals surface area contributed by atoms with E-state index in [2.05, 4.69) is 36.4 Å². The summed E-state index contributed by atoms with van der Waals surface area (Å²) in [5.74, 6) is 0.0907. The molecular weight excluding hydrogens is 326 g/mol. The van der Waals surface area contributed by atoms with Gasteiger partial charge in [-0.25, -0.2) is 4.79 Å². The van der Waals surface area contributed by atoms with Crippen molar-refractivity contribution in [3.05, 3.63) is 59.7 Å². The van der Waals surface area contributed by atoms with E-state index < -0.39 is 0 Å². The zero-order valence-corrected chi connectivity index (χ0v) is 15.1. The van der Waals surface area contributed by atoms with Gasteiger partial charge in [-0.15, -0.1) is 0 Å². The van der Waals surface area contributed by atoms with Gasteiger partial charge in [-0.1, -0.05) is 48.5 Å². The summed E-state index contributed by atoms with van der Waals surface area (Å²) < 4.78 is 5.71. The first-order valence-corrected chi connectivity index (χ1v) is 9.41. The van der Waals surface area contributed by atoms with Crippen LogP contribution in [0.1, 0.15) is 42.7 Å². The first-order valence-electron chi connectivity index (χ1n) is 9.41. The van der Waals surface area contributed by atoms with Crippen molar-refractivity contribution >= 4 is 6.09 Å². The van der Waals surface area contributed by atoms with E-state index >= 15 is 0 Å². The third-order valence-electron chi connectivity index (χ3n) is 5.84. The topological polar surface area (TPSA) is 49.8 Å². The second-order valence-corrected chi connectivity index (χ2v) is 7.38. The fourth-order valence-corrected chi connectivity index (χ4v) is 4.29. The highest BCUT2D eigenvalue weighted by molar-refractivity contribution is 5.79. The molecule has 2 aliphatic carbocycles. The van der Waals surface area contributed by atoms with E-state index in [1.165, 1.54) is 22.3 Å². The standard InChI is InChI=1S/C22H25NO3/c1-23(15-10-12-16(24)13-11-15)22(25)26-14-21-19-8-4-2-6-17(19)18-7-3-5-9-20(18)21/h2-9,15-16,21,24H,10-14H2,1H3. The van der Waals surface area contributed by atoms with Gasteiger partial charge in [0.2, 0.25) is 0 Å². The Hall–Kier alpha value is -2.33. The van der Waals surface area contributed by atoms with Crippen LogP contribution >= 0.6 is 0 Å². The molecule has 0 heterocycles. The Morgan fingerprint density at radius 2 is 1.54 bits per heavy atom. The van der Waals surface area contributed by atoms with Crippen molar-refractivity contribution < 1.29 is 14.6 Å². The Morgan fingerprint density at radius 1 is 1.00 bits per heavy atom. The van der Waals surface area contributed by atoms with Crippen LogP contribution in [0.25, 0.3) is 11.1 Å². The molecule has 2 aromatic rings. The number of nitrogens with zero attached hydrogens (tertiary/aromatic N) is 1. The van der Waals surface area contributed by atoms with E-state index in [4.69, 9.17) is 4.74 Å². The molecule has 4 heteroatoms. The largest absolute Gasteiger partial charge is 0.448 e. The van der Waals surface area contributed by atoms with E-state index in [1.807, 2.05) is 12.1 Å². The quantitative estimate of drug-likeness (QED) is 0.903. The van der Waals surface area contributed by atoms with Gasteiger partial charge in [0.25, 0.3) is 0 Å². The molecule has 1 amide bonds. The van der Waals surface area contributed by atoms with Gasteiger partial charge in [0, 0.05) is 19.0 Å². The maximum absolute atomic E-state index is 12.5. The molecular formula is C22H25NO3. The molecule has 0 radical (unpaired) electrons. The number of benzene rings is 2. The van der Waals surface area contributed by atoms with Crippen LogP contribution in [0.2, 0.25) is 0 Å². The predicted molar refractivity (Wildman–Crippen MR) is 101 cm³/mol. The maximum atomic E-state index is 12.5. The lowest BCUT2D eigenvalue weighted by Crippen LogP contribution is -2.40. The maximum Gasteiger partial charge on any atom is 0.409 e. The molecule has 0 spiro atoms. The van der Waals surface area contributed by atoms with Crippen molar-refractivity contribution in [3.8, 4) is 11.1 Å². The van der Waals surface area contributed by atoms with E-state index in [0.717, 1.165) is 25.7 Å². The minimum atomic E-state index is -0.270. The summed E-state index contributed by atoms with van der Waals surface area (Å²) in [6, 6.07) is 16.9. The van der Waals surface area contributed by atoms with Gasteiger partial charge in [0.05, 0.1) is 6.10 Å². The fourth-order valence-electron chi connectivity index (χ4n) is 4.29. The summed E-state index contributed by atoms with van der Waals surface area (Å²) in [5, 5.41) is 9.65. The number of aliphatic hydroxyl groups is 1. The predicted octanol–water partition coefficient (Wildman–Crippen LogP) is 4.17. The average molecular weight is 351 g/mol. The number of carbonyl (C=O) groups excluding carboxylic acids is 1. The Bertz CT molecular complexity index is 750. The Balaban J connectivity index is 1.45. The number of hydrogen-bond donors (Lipinski definition) is 1. The molecule has 4 nitrogen and oxygen atoms in total. The third kappa shape index (κ3) is 3.10. The van der Waals surface area contributed by atoms with Gasteiger partial charge in [-0.3, -0.25) is 0 Å². The highest BCUT2D eigenvalue weighted by atomic mass is 16.6. The van der Waals surface area contributed by atoms with E-state index in [0.29, 0.717) is 6.61 Å². The van der Waals surface area contributed by atoms with Crippen LogP contribution < -0.4 is 0 Å². The molecule has 0 saturated heterocycles. The van der Waals surface area contributed by atoms with Crippen molar-refractivity contribution in [2.45, 2.75) is 43.7 Å². The van der Waals surface area contributed by atoms with E-state index in [1.54, 1.807) is 11.9 Å². The minimum absolute atomic E-state index is 0.0907. The van der Waals surface area contributed by atoms with E-state index in [-0.39, 0.29) is 24.2 Å². The molecule has 0 aromatic heterocycles. The summed E-state index contributed by atoms with van der Waals surface area (Å²) in [5.41, 5.74) is 4.92. The first-order chi connectivity index (χ1) is 12.6. The minimum Gasteiger partial charge on any atom is -0.448 e. The zero-order chi connectivity index (χ0) is 18.1. The molecule has 0 aliphatic heterocycles. The van der Waals surface area contributed by atoms with Crippen molar-refractivity contribution in [2.24, 2.45) is 0 Å². The van der Waals surface area contributed by atoms with Crippen LogP contribution in [0.4, 0.5) is 4.79 Å². The van der Waals surface area contributed by atoms with Crippen LogP contribution in [0.3, 0.4) is 0 Å². The summed E-state index contributed by atoms with van der Waals surface area (Å²) in [4.78, 5) is 14.3. The summed E-state index contributed by atoms with van der Waals surface area (Å²) in [6.07, 6.45) is 2.69. The lowest BCUT2D eigenvalue weighted by atomic mass is 9.92. The van der Waals surface area contributed by atoms with Gasteiger partial charge in [0.15, 0.2) is 0 Å². The average Bonchev–Trinajstić information content (AvgIpc) is 3.00. The molecule has 2 aromatic carbocycles. The van der Waals surface area contributed by atoms with Crippen LogP contribution in [-0.2, 0) is 4.74 Å². The van der Waals surface area contributed by atoms with Crippen molar-refractivity contribution in [3.63, 3.8) is 0 Å². The molecule has 1 N–H and O–H groups in total. The molecule has 2 aliphatic rings. The molecule has 0 unspecified atom stereocenters. The van der Waals surface area contributed by atoms with Crippen LogP contribution in [0, 0.1) is 0 Å². The molecule has 0 atom stereocenters. The van der Waals surface area contributed by atoms with Gasteiger partial charge in [-0.05, 0) is 47.9 Å². The SMILES string of the molecule is CN(C(=O)OCC1c2ccccc2-c2ccccc21)C1CCC(O)CC1. The Kier molecular flexibility index (Phi) is 4.68. The molecule has 1 saturated carbocycles. The lowest BCUT2D eigenvalue weighted by Gasteiger charge is -2.32. The highest BCUT2D eigenvalue weighted by Crippen LogP contribution is 2.44. The number of carbonyl (C=O) groups is 1. The monoisotopic (exact) mass is 351 g/mol. The van der Waals surface area contributed by atoms with Crippen LogP contribution in [-0.4, -0.2) is 41.9 Å². The first kappa shape index (κ1) is 17.1. The smallest absolute Gasteiger partial charge is 0.409 e. The highest BCUT2D eigenvalue weighted by Gasteiger charge is 2.31. The van der Waals surface area contributed by atoms with Crippen molar-refractivity contribution in [2.75, 3.05) is 13.7 Å². The summed E-state index contributed by atoms with van der Waals surface area (Å²) in [7, 11) is 1.81. The van der Waals surface area contributed by atoms with Crippen molar-refractivity contribution in [1.82, 2.24) is 4.90 Å². The normalized spacial score (nSPS) is 21.8. The molecule has 136 valence electrons. The summed E-state index contributed by atoms with van der Waals surface area (Å²) in [6.45, 7) is 0.354. The van der Waals surface area contributed by atoms with Gasteiger partial charge < -0.3 is 14.7 Å². The lowest BCUT2D eigenvalue weighted by molar-refractivity contribution is 0.0616. The van der Waals surface area contributed by atoms with Crippen molar-refractivity contribution in [1.29, 1.82) is 0 Å². The number of hydrogen-bond acceptors (Lipinski definition) is 3. The number of ether oxygens (including phenoxy) is 1. The van der Waals surface area contributed by atoms with Crippen LogP contribution in [0.15, 0.2) is 48.5 Å².